The number of benzene rings is 1. The van der Waals surface area contributed by atoms with E-state index < -0.39 is 0 Å². The monoisotopic (exact) mass is 475 g/mol. The van der Waals surface area contributed by atoms with Crippen LogP contribution in [0, 0.1) is 6.92 Å². The number of hydrogen-bond acceptors (Lipinski definition) is 5. The first kappa shape index (κ1) is 23.8. The molecule has 0 atom stereocenters. The molecule has 1 saturated heterocycles. The van der Waals surface area contributed by atoms with Crippen LogP contribution in [0.2, 0.25) is 0 Å². The molecule has 0 radical (unpaired) electrons. The maximum absolute atomic E-state index is 13.8. The third-order valence-electron chi connectivity index (χ3n) is 7.23. The minimum Gasteiger partial charge on any atom is -0.497 e. The lowest BCUT2D eigenvalue weighted by Crippen LogP contribution is -2.49. The molecule has 5 rings (SSSR count). The molecule has 0 bridgehead atoms. The van der Waals surface area contributed by atoms with Gasteiger partial charge in [0.15, 0.2) is 5.65 Å². The van der Waals surface area contributed by atoms with Crippen molar-refractivity contribution in [2.75, 3.05) is 39.8 Å². The lowest BCUT2D eigenvalue weighted by Gasteiger charge is -2.35. The second kappa shape index (κ2) is 9.26. The molecular formula is C28H37N5O2. The summed E-state index contributed by atoms with van der Waals surface area (Å²) >= 11 is 0. The van der Waals surface area contributed by atoms with Gasteiger partial charge in [-0.1, -0.05) is 12.1 Å². The normalized spacial score (nSPS) is 17.2. The molecule has 1 aromatic carbocycles. The number of carbonyl (C=O) groups excluding carboxylic acids is 1. The standard InChI is InChI=1S/C28H37N5O2/c1-19-25-23(18-24(21-8-9-21)29-26(25)33(30-19)28(2,3)4)27(34)32-16-14-31(15-17-32)13-12-20-6-10-22(35-5)11-7-20/h6-7,10-11,18,21H,8-9,12-17H2,1-5H3. The summed E-state index contributed by atoms with van der Waals surface area (Å²) in [6, 6.07) is 10.3. The third-order valence-corrected chi connectivity index (χ3v) is 7.23. The van der Waals surface area contributed by atoms with Gasteiger partial charge in [-0.25, -0.2) is 9.67 Å². The Morgan fingerprint density at radius 3 is 2.37 bits per heavy atom. The molecule has 2 aliphatic rings. The molecule has 0 unspecified atom stereocenters. The molecule has 35 heavy (non-hydrogen) atoms. The number of piperazine rings is 1. The van der Waals surface area contributed by atoms with Crippen molar-refractivity contribution in [2.24, 2.45) is 0 Å². The van der Waals surface area contributed by atoms with Crippen molar-refractivity contribution in [2.45, 2.75) is 58.4 Å². The molecule has 3 heterocycles. The van der Waals surface area contributed by atoms with Crippen molar-refractivity contribution in [3.63, 3.8) is 0 Å². The Balaban J connectivity index is 1.31. The Morgan fingerprint density at radius 1 is 1.09 bits per heavy atom. The van der Waals surface area contributed by atoms with Crippen molar-refractivity contribution in [3.8, 4) is 5.75 Å². The number of methoxy groups -OCH3 is 1. The van der Waals surface area contributed by atoms with E-state index >= 15 is 0 Å². The first-order chi connectivity index (χ1) is 16.7. The maximum Gasteiger partial charge on any atom is 0.254 e. The summed E-state index contributed by atoms with van der Waals surface area (Å²) in [4.78, 5) is 23.3. The van der Waals surface area contributed by atoms with Gasteiger partial charge in [0.05, 0.1) is 29.3 Å². The zero-order valence-corrected chi connectivity index (χ0v) is 21.7. The van der Waals surface area contributed by atoms with Gasteiger partial charge >= 0.3 is 0 Å². The minimum atomic E-state index is -0.197. The van der Waals surface area contributed by atoms with Crippen LogP contribution in [-0.2, 0) is 12.0 Å². The third kappa shape index (κ3) is 4.92. The summed E-state index contributed by atoms with van der Waals surface area (Å²) in [6.07, 6.45) is 3.31. The topological polar surface area (TPSA) is 63.5 Å². The molecule has 2 fully saturated rings. The predicted octanol–water partition coefficient (Wildman–Crippen LogP) is 4.38. The van der Waals surface area contributed by atoms with E-state index in [-0.39, 0.29) is 11.4 Å². The number of carbonyl (C=O) groups is 1. The molecule has 1 aliphatic heterocycles. The predicted molar refractivity (Wildman–Crippen MR) is 138 cm³/mol. The van der Waals surface area contributed by atoms with Gasteiger partial charge in [-0.2, -0.15) is 5.10 Å². The average molecular weight is 476 g/mol. The highest BCUT2D eigenvalue weighted by Gasteiger charge is 2.32. The highest BCUT2D eigenvalue weighted by atomic mass is 16.5. The van der Waals surface area contributed by atoms with E-state index in [1.807, 2.05) is 28.6 Å². The second-order valence-corrected chi connectivity index (χ2v) is 11.0. The van der Waals surface area contributed by atoms with Gasteiger partial charge in [0, 0.05) is 44.3 Å². The van der Waals surface area contributed by atoms with Gasteiger partial charge in [-0.05, 0) is 70.7 Å². The Labute approximate surface area is 208 Å². The Morgan fingerprint density at radius 2 is 1.77 bits per heavy atom. The molecular weight excluding hydrogens is 438 g/mol. The molecule has 7 heteroatoms. The number of hydrogen-bond donors (Lipinski definition) is 0. The van der Waals surface area contributed by atoms with Crippen LogP contribution < -0.4 is 4.74 Å². The second-order valence-electron chi connectivity index (χ2n) is 11.0. The summed E-state index contributed by atoms with van der Waals surface area (Å²) in [5.41, 5.74) is 4.66. The fourth-order valence-corrected chi connectivity index (χ4v) is 4.96. The lowest BCUT2D eigenvalue weighted by molar-refractivity contribution is 0.0640. The summed E-state index contributed by atoms with van der Waals surface area (Å²) in [5, 5.41) is 5.73. The van der Waals surface area contributed by atoms with E-state index in [0.717, 1.165) is 85.7 Å². The Bertz CT molecular complexity index is 1210. The van der Waals surface area contributed by atoms with E-state index in [1.54, 1.807) is 7.11 Å². The smallest absolute Gasteiger partial charge is 0.254 e. The van der Waals surface area contributed by atoms with Crippen LogP contribution in [0.4, 0.5) is 0 Å². The summed E-state index contributed by atoms with van der Waals surface area (Å²) in [6.45, 7) is 12.7. The van der Waals surface area contributed by atoms with E-state index in [0.29, 0.717) is 5.92 Å². The molecule has 0 spiro atoms. The molecule has 1 saturated carbocycles. The van der Waals surface area contributed by atoms with Gasteiger partial charge in [0.1, 0.15) is 5.75 Å². The number of amides is 1. The van der Waals surface area contributed by atoms with Crippen molar-refractivity contribution < 1.29 is 9.53 Å². The zero-order chi connectivity index (χ0) is 24.7. The minimum absolute atomic E-state index is 0.116. The highest BCUT2D eigenvalue weighted by molar-refractivity contribution is 6.06. The van der Waals surface area contributed by atoms with Crippen LogP contribution in [-0.4, -0.2) is 70.3 Å². The van der Waals surface area contributed by atoms with Gasteiger partial charge in [0.2, 0.25) is 0 Å². The first-order valence-corrected chi connectivity index (χ1v) is 12.8. The van der Waals surface area contributed by atoms with Gasteiger partial charge in [-0.15, -0.1) is 0 Å². The van der Waals surface area contributed by atoms with Gasteiger partial charge in [-0.3, -0.25) is 9.69 Å². The molecule has 3 aromatic rings. The lowest BCUT2D eigenvalue weighted by atomic mass is 10.0. The molecule has 1 amide bonds. The fraction of sp³-hybridized carbons (Fsp3) is 0.536. The number of pyridine rings is 1. The van der Waals surface area contributed by atoms with Crippen molar-refractivity contribution >= 4 is 16.9 Å². The Hall–Kier alpha value is -2.93. The van der Waals surface area contributed by atoms with E-state index in [4.69, 9.17) is 14.8 Å². The van der Waals surface area contributed by atoms with Crippen molar-refractivity contribution in [1.29, 1.82) is 0 Å². The van der Waals surface area contributed by atoms with Crippen molar-refractivity contribution in [1.82, 2.24) is 24.6 Å². The van der Waals surface area contributed by atoms with Crippen LogP contribution >= 0.6 is 0 Å². The highest BCUT2D eigenvalue weighted by Crippen LogP contribution is 2.41. The van der Waals surface area contributed by atoms with Crippen LogP contribution in [0.5, 0.6) is 5.75 Å². The van der Waals surface area contributed by atoms with Crippen molar-refractivity contribution in [3.05, 3.63) is 52.8 Å². The number of ether oxygens (including phenoxy) is 1. The van der Waals surface area contributed by atoms with Crippen LogP contribution in [0.15, 0.2) is 30.3 Å². The zero-order valence-electron chi connectivity index (χ0n) is 21.7. The average Bonchev–Trinajstić information content (AvgIpc) is 3.65. The molecule has 1 aliphatic carbocycles. The Kier molecular flexibility index (Phi) is 6.30. The molecule has 2 aromatic heterocycles. The largest absolute Gasteiger partial charge is 0.497 e. The number of rotatable bonds is 6. The summed E-state index contributed by atoms with van der Waals surface area (Å²) in [5.74, 6) is 1.48. The van der Waals surface area contributed by atoms with Crippen LogP contribution in [0.1, 0.15) is 66.8 Å². The quantitative estimate of drug-likeness (QED) is 0.529. The number of aromatic nitrogens is 3. The van der Waals surface area contributed by atoms with E-state index in [1.165, 1.54) is 5.56 Å². The van der Waals surface area contributed by atoms with E-state index in [2.05, 4.69) is 43.9 Å². The maximum atomic E-state index is 13.8. The summed E-state index contributed by atoms with van der Waals surface area (Å²) in [7, 11) is 1.69. The number of aryl methyl sites for hydroxylation is 1. The van der Waals surface area contributed by atoms with E-state index in [9.17, 15) is 4.79 Å². The number of fused-ring (bicyclic) bond motifs is 1. The van der Waals surface area contributed by atoms with Crippen LogP contribution in [0.3, 0.4) is 0 Å². The summed E-state index contributed by atoms with van der Waals surface area (Å²) < 4.78 is 7.25. The fourth-order valence-electron chi connectivity index (χ4n) is 4.96. The van der Waals surface area contributed by atoms with Gasteiger partial charge in [0.25, 0.3) is 5.91 Å². The molecule has 0 N–H and O–H groups in total. The van der Waals surface area contributed by atoms with Gasteiger partial charge < -0.3 is 9.64 Å². The van der Waals surface area contributed by atoms with Crippen LogP contribution in [0.25, 0.3) is 11.0 Å². The number of nitrogens with zero attached hydrogens (tertiary/aromatic N) is 5. The first-order valence-electron chi connectivity index (χ1n) is 12.8. The molecule has 186 valence electrons. The SMILES string of the molecule is COc1ccc(CCN2CCN(C(=O)c3cc(C4CC4)nc4c3c(C)nn4C(C)(C)C)CC2)cc1. The molecule has 7 nitrogen and oxygen atoms in total.